The molecule has 0 aromatic rings. The molecule has 1 saturated carbocycles. The van der Waals surface area contributed by atoms with Crippen molar-refractivity contribution >= 4 is 0 Å². The van der Waals surface area contributed by atoms with E-state index in [0.717, 1.165) is 17.9 Å². The lowest BCUT2D eigenvalue weighted by atomic mass is 9.70. The van der Waals surface area contributed by atoms with Gasteiger partial charge in [0.05, 0.1) is 0 Å². The lowest BCUT2D eigenvalue weighted by Crippen LogP contribution is -2.43. The first-order valence-electron chi connectivity index (χ1n) is 8.92. The monoisotopic (exact) mass is 280 g/mol. The van der Waals surface area contributed by atoms with Crippen LogP contribution in [0, 0.1) is 17.3 Å². The van der Waals surface area contributed by atoms with Gasteiger partial charge in [0, 0.05) is 6.04 Å². The van der Waals surface area contributed by atoms with E-state index in [1.165, 1.54) is 64.7 Å². The highest BCUT2D eigenvalue weighted by Gasteiger charge is 2.31. The number of likely N-dealkylation sites (tertiary alicyclic amines) is 1. The minimum absolute atomic E-state index is 0.572. The summed E-state index contributed by atoms with van der Waals surface area (Å²) in [4.78, 5) is 2.66. The zero-order chi connectivity index (χ0) is 14.6. The summed E-state index contributed by atoms with van der Waals surface area (Å²) < 4.78 is 0. The highest BCUT2D eigenvalue weighted by atomic mass is 15.1. The second-order valence-corrected chi connectivity index (χ2v) is 8.32. The second-order valence-electron chi connectivity index (χ2n) is 8.32. The van der Waals surface area contributed by atoms with E-state index < -0.39 is 0 Å². The minimum atomic E-state index is 0.572. The Hall–Kier alpha value is -0.0800. The number of rotatable bonds is 5. The van der Waals surface area contributed by atoms with Crippen molar-refractivity contribution in [1.29, 1.82) is 0 Å². The SMILES string of the molecule is CC1CCN(CCCNC2CCC(C)(C)CC2C)CC1. The Morgan fingerprint density at radius 3 is 2.45 bits per heavy atom. The summed E-state index contributed by atoms with van der Waals surface area (Å²) in [6.45, 7) is 14.8. The lowest BCUT2D eigenvalue weighted by Gasteiger charge is -2.39. The van der Waals surface area contributed by atoms with E-state index in [4.69, 9.17) is 0 Å². The Kier molecular flexibility index (Phi) is 5.92. The molecule has 2 aliphatic rings. The molecule has 2 nitrogen and oxygen atoms in total. The van der Waals surface area contributed by atoms with Crippen LogP contribution in [0.4, 0.5) is 0 Å². The maximum atomic E-state index is 3.83. The van der Waals surface area contributed by atoms with Crippen LogP contribution in [0.3, 0.4) is 0 Å². The van der Waals surface area contributed by atoms with Crippen molar-refractivity contribution in [1.82, 2.24) is 10.2 Å². The maximum absolute atomic E-state index is 3.83. The summed E-state index contributed by atoms with van der Waals surface area (Å²) >= 11 is 0. The normalized spacial score (nSPS) is 32.4. The third-order valence-electron chi connectivity index (χ3n) is 5.63. The van der Waals surface area contributed by atoms with Crippen LogP contribution in [0.2, 0.25) is 0 Å². The molecule has 0 spiro atoms. The fraction of sp³-hybridized carbons (Fsp3) is 1.00. The van der Waals surface area contributed by atoms with Gasteiger partial charge in [-0.15, -0.1) is 0 Å². The molecular weight excluding hydrogens is 244 g/mol. The molecule has 0 aromatic heterocycles. The number of nitrogens with zero attached hydrogens (tertiary/aromatic N) is 1. The Morgan fingerprint density at radius 1 is 1.10 bits per heavy atom. The van der Waals surface area contributed by atoms with Gasteiger partial charge in [0.25, 0.3) is 0 Å². The average Bonchev–Trinajstić information content (AvgIpc) is 2.38. The van der Waals surface area contributed by atoms with E-state index in [9.17, 15) is 0 Å². The highest BCUT2D eigenvalue weighted by molar-refractivity contribution is 4.86. The molecule has 1 heterocycles. The van der Waals surface area contributed by atoms with E-state index in [2.05, 4.69) is 37.9 Å². The average molecular weight is 281 g/mol. The lowest BCUT2D eigenvalue weighted by molar-refractivity contribution is 0.146. The van der Waals surface area contributed by atoms with Gasteiger partial charge in [-0.25, -0.2) is 0 Å². The summed E-state index contributed by atoms with van der Waals surface area (Å²) in [5.41, 5.74) is 0.572. The molecule has 0 amide bonds. The largest absolute Gasteiger partial charge is 0.314 e. The first kappa shape index (κ1) is 16.3. The van der Waals surface area contributed by atoms with E-state index >= 15 is 0 Å². The van der Waals surface area contributed by atoms with Crippen LogP contribution in [0.1, 0.15) is 66.2 Å². The van der Waals surface area contributed by atoms with Gasteiger partial charge in [0.1, 0.15) is 0 Å². The van der Waals surface area contributed by atoms with E-state index in [1.807, 2.05) is 0 Å². The van der Waals surface area contributed by atoms with Gasteiger partial charge < -0.3 is 10.2 Å². The van der Waals surface area contributed by atoms with Gasteiger partial charge in [-0.05, 0) is 82.0 Å². The van der Waals surface area contributed by atoms with Gasteiger partial charge in [-0.2, -0.15) is 0 Å². The van der Waals surface area contributed by atoms with Crippen LogP contribution >= 0.6 is 0 Å². The van der Waals surface area contributed by atoms with Crippen LogP contribution in [0.25, 0.3) is 0 Å². The molecule has 0 radical (unpaired) electrons. The van der Waals surface area contributed by atoms with Crippen LogP contribution in [0.5, 0.6) is 0 Å². The smallest absolute Gasteiger partial charge is 0.00931 e. The zero-order valence-electron chi connectivity index (χ0n) is 14.3. The van der Waals surface area contributed by atoms with Crippen molar-refractivity contribution in [2.75, 3.05) is 26.2 Å². The summed E-state index contributed by atoms with van der Waals surface area (Å²) in [6.07, 6.45) is 8.27. The van der Waals surface area contributed by atoms with Crippen molar-refractivity contribution in [2.24, 2.45) is 17.3 Å². The second kappa shape index (κ2) is 7.26. The molecule has 2 atom stereocenters. The van der Waals surface area contributed by atoms with Crippen LogP contribution in [-0.4, -0.2) is 37.1 Å². The van der Waals surface area contributed by atoms with Crippen molar-refractivity contribution in [3.63, 3.8) is 0 Å². The third kappa shape index (κ3) is 5.04. The molecule has 1 aliphatic heterocycles. The number of piperidine rings is 1. The maximum Gasteiger partial charge on any atom is 0.00931 e. The van der Waals surface area contributed by atoms with Crippen molar-refractivity contribution in [3.8, 4) is 0 Å². The first-order chi connectivity index (χ1) is 9.46. The minimum Gasteiger partial charge on any atom is -0.314 e. The van der Waals surface area contributed by atoms with Crippen LogP contribution < -0.4 is 5.32 Å². The Morgan fingerprint density at radius 2 is 1.80 bits per heavy atom. The van der Waals surface area contributed by atoms with E-state index in [-0.39, 0.29) is 0 Å². The van der Waals surface area contributed by atoms with E-state index in [1.54, 1.807) is 0 Å². The molecule has 2 heteroatoms. The summed E-state index contributed by atoms with van der Waals surface area (Å²) in [7, 11) is 0. The molecule has 2 unspecified atom stereocenters. The molecule has 0 aromatic carbocycles. The van der Waals surface area contributed by atoms with Gasteiger partial charge in [0.15, 0.2) is 0 Å². The summed E-state index contributed by atoms with van der Waals surface area (Å²) in [6, 6.07) is 0.768. The molecule has 20 heavy (non-hydrogen) atoms. The Labute approximate surface area is 126 Å². The van der Waals surface area contributed by atoms with Crippen LogP contribution in [0.15, 0.2) is 0 Å². The fourth-order valence-corrected chi connectivity index (χ4v) is 4.13. The molecule has 0 bridgehead atoms. The number of hydrogen-bond donors (Lipinski definition) is 1. The van der Waals surface area contributed by atoms with E-state index in [0.29, 0.717) is 5.41 Å². The Bertz CT molecular complexity index is 279. The molecular formula is C18H36N2. The van der Waals surface area contributed by atoms with Gasteiger partial charge in [-0.3, -0.25) is 0 Å². The predicted octanol–water partition coefficient (Wildman–Crippen LogP) is 3.91. The van der Waals surface area contributed by atoms with Gasteiger partial charge >= 0.3 is 0 Å². The first-order valence-corrected chi connectivity index (χ1v) is 8.92. The van der Waals surface area contributed by atoms with Gasteiger partial charge in [-0.1, -0.05) is 27.7 Å². The zero-order valence-corrected chi connectivity index (χ0v) is 14.3. The molecule has 1 aliphatic carbocycles. The highest BCUT2D eigenvalue weighted by Crippen LogP contribution is 2.38. The molecule has 2 fully saturated rings. The molecule has 2 rings (SSSR count). The van der Waals surface area contributed by atoms with Crippen molar-refractivity contribution in [2.45, 2.75) is 72.3 Å². The molecule has 1 N–H and O–H groups in total. The Balaban J connectivity index is 1.57. The standard InChI is InChI=1S/C18H36N2/c1-15-7-12-20(13-8-15)11-5-10-19-17-6-9-18(3,4)14-16(17)2/h15-17,19H,5-14H2,1-4H3. The van der Waals surface area contributed by atoms with Crippen LogP contribution in [-0.2, 0) is 0 Å². The molecule has 118 valence electrons. The molecule has 1 saturated heterocycles. The third-order valence-corrected chi connectivity index (χ3v) is 5.63. The van der Waals surface area contributed by atoms with Crippen molar-refractivity contribution in [3.05, 3.63) is 0 Å². The number of nitrogens with one attached hydrogen (secondary N) is 1. The topological polar surface area (TPSA) is 15.3 Å². The summed E-state index contributed by atoms with van der Waals surface area (Å²) in [5, 5.41) is 3.83. The fourth-order valence-electron chi connectivity index (χ4n) is 4.13. The quantitative estimate of drug-likeness (QED) is 0.768. The van der Waals surface area contributed by atoms with Crippen molar-refractivity contribution < 1.29 is 0 Å². The number of hydrogen-bond acceptors (Lipinski definition) is 2. The predicted molar refractivity (Wildman–Crippen MR) is 88.0 cm³/mol. The summed E-state index contributed by atoms with van der Waals surface area (Å²) in [5.74, 6) is 1.80. The van der Waals surface area contributed by atoms with Gasteiger partial charge in [0.2, 0.25) is 0 Å².